The Morgan fingerprint density at radius 1 is 1.31 bits per heavy atom. The lowest BCUT2D eigenvalue weighted by Gasteiger charge is -2.04. The van der Waals surface area contributed by atoms with E-state index in [-0.39, 0.29) is 5.82 Å². The first-order chi connectivity index (χ1) is 7.86. The van der Waals surface area contributed by atoms with Crippen molar-refractivity contribution in [1.82, 2.24) is 10.3 Å². The molecular weight excluding hydrogens is 223 g/mol. The van der Waals surface area contributed by atoms with Crippen molar-refractivity contribution in [1.29, 1.82) is 0 Å². The van der Waals surface area contributed by atoms with Crippen molar-refractivity contribution >= 4 is 11.3 Å². The molecule has 84 valence electrons. The van der Waals surface area contributed by atoms with Crippen molar-refractivity contribution in [3.05, 3.63) is 52.2 Å². The van der Waals surface area contributed by atoms with Crippen LogP contribution in [0.2, 0.25) is 0 Å². The fourth-order valence-electron chi connectivity index (χ4n) is 1.47. The zero-order valence-electron chi connectivity index (χ0n) is 8.82. The topological polar surface area (TPSA) is 24.9 Å². The summed E-state index contributed by atoms with van der Waals surface area (Å²) in [5.41, 5.74) is 3.61. The van der Waals surface area contributed by atoms with Crippen LogP contribution in [0.25, 0.3) is 0 Å². The molecule has 0 aliphatic rings. The molecule has 0 fully saturated rings. The Morgan fingerprint density at radius 3 is 2.94 bits per heavy atom. The van der Waals surface area contributed by atoms with E-state index < -0.39 is 0 Å². The maximum atomic E-state index is 13.3. The van der Waals surface area contributed by atoms with Crippen LogP contribution in [0, 0.1) is 5.82 Å². The van der Waals surface area contributed by atoms with Crippen LogP contribution in [0.4, 0.5) is 4.39 Å². The van der Waals surface area contributed by atoms with Crippen molar-refractivity contribution in [3.63, 3.8) is 0 Å². The summed E-state index contributed by atoms with van der Waals surface area (Å²) in [7, 11) is 0. The Morgan fingerprint density at radius 2 is 2.19 bits per heavy atom. The third-order valence-corrected chi connectivity index (χ3v) is 2.95. The molecule has 0 atom stereocenters. The molecule has 0 saturated heterocycles. The van der Waals surface area contributed by atoms with Gasteiger partial charge in [0.1, 0.15) is 5.82 Å². The lowest BCUT2D eigenvalue weighted by atomic mass is 10.1. The molecule has 2 aromatic rings. The highest BCUT2D eigenvalue weighted by atomic mass is 32.1. The molecule has 0 radical (unpaired) electrons. The molecule has 1 N–H and O–H groups in total. The third kappa shape index (κ3) is 3.12. The highest BCUT2D eigenvalue weighted by molar-refractivity contribution is 7.07. The van der Waals surface area contributed by atoms with Gasteiger partial charge in [-0.2, -0.15) is 0 Å². The molecule has 0 spiro atoms. The number of aromatic nitrogens is 1. The van der Waals surface area contributed by atoms with Gasteiger partial charge in [0, 0.05) is 11.9 Å². The maximum Gasteiger partial charge on any atom is 0.126 e. The van der Waals surface area contributed by atoms with Crippen LogP contribution in [0.15, 0.2) is 35.2 Å². The average molecular weight is 236 g/mol. The quantitative estimate of drug-likeness (QED) is 0.807. The zero-order valence-corrected chi connectivity index (χ0v) is 9.64. The van der Waals surface area contributed by atoms with Gasteiger partial charge in [0.25, 0.3) is 0 Å². The van der Waals surface area contributed by atoms with E-state index in [1.165, 1.54) is 6.07 Å². The van der Waals surface area contributed by atoms with Gasteiger partial charge in [-0.1, -0.05) is 18.2 Å². The van der Waals surface area contributed by atoms with E-state index in [2.05, 4.69) is 10.3 Å². The first-order valence-corrected chi connectivity index (χ1v) is 6.12. The molecule has 0 aliphatic carbocycles. The highest BCUT2D eigenvalue weighted by Gasteiger charge is 2.00. The summed E-state index contributed by atoms with van der Waals surface area (Å²) in [6.45, 7) is 1.51. The van der Waals surface area contributed by atoms with E-state index in [4.69, 9.17) is 0 Å². The summed E-state index contributed by atoms with van der Waals surface area (Å²) in [5.74, 6) is -0.127. The van der Waals surface area contributed by atoms with Crippen molar-refractivity contribution in [2.24, 2.45) is 0 Å². The Hall–Kier alpha value is -1.26. The minimum absolute atomic E-state index is 0.127. The molecule has 0 amide bonds. The normalized spacial score (nSPS) is 10.6. The predicted molar refractivity (Wildman–Crippen MR) is 63.9 cm³/mol. The van der Waals surface area contributed by atoms with Crippen LogP contribution in [0.1, 0.15) is 11.3 Å². The van der Waals surface area contributed by atoms with Crippen LogP contribution < -0.4 is 5.32 Å². The summed E-state index contributed by atoms with van der Waals surface area (Å²) in [4.78, 5) is 4.16. The van der Waals surface area contributed by atoms with Gasteiger partial charge in [-0.25, -0.2) is 9.37 Å². The first-order valence-electron chi connectivity index (χ1n) is 5.17. The second-order valence-corrected chi connectivity index (χ2v) is 4.22. The predicted octanol–water partition coefficient (Wildman–Crippen LogP) is 2.61. The monoisotopic (exact) mass is 236 g/mol. The molecule has 4 heteroatoms. The minimum Gasteiger partial charge on any atom is -0.311 e. The molecule has 1 aromatic carbocycles. The number of nitrogens with zero attached hydrogens (tertiary/aromatic N) is 1. The highest BCUT2D eigenvalue weighted by Crippen LogP contribution is 2.06. The van der Waals surface area contributed by atoms with E-state index in [0.29, 0.717) is 6.42 Å². The summed E-state index contributed by atoms with van der Waals surface area (Å²) < 4.78 is 13.3. The summed E-state index contributed by atoms with van der Waals surface area (Å²) in [6, 6.07) is 6.88. The van der Waals surface area contributed by atoms with E-state index in [1.54, 1.807) is 17.4 Å². The molecular formula is C12H13FN2S. The maximum absolute atomic E-state index is 13.3. The second kappa shape index (κ2) is 5.72. The van der Waals surface area contributed by atoms with Crippen LogP contribution in [0.5, 0.6) is 0 Å². The van der Waals surface area contributed by atoms with Crippen molar-refractivity contribution in [2.45, 2.75) is 13.0 Å². The molecule has 0 bridgehead atoms. The second-order valence-electron chi connectivity index (χ2n) is 3.50. The molecule has 0 saturated carbocycles. The lowest BCUT2D eigenvalue weighted by molar-refractivity contribution is 0.597. The SMILES string of the molecule is Fc1ccccc1CCNCc1cscn1. The van der Waals surface area contributed by atoms with E-state index in [1.807, 2.05) is 23.0 Å². The summed E-state index contributed by atoms with van der Waals surface area (Å²) >= 11 is 1.59. The smallest absolute Gasteiger partial charge is 0.126 e. The zero-order chi connectivity index (χ0) is 11.2. The van der Waals surface area contributed by atoms with Crippen LogP contribution in [-0.2, 0) is 13.0 Å². The molecule has 0 aliphatic heterocycles. The summed E-state index contributed by atoms with van der Waals surface area (Å²) in [5, 5.41) is 5.25. The van der Waals surface area contributed by atoms with E-state index in [0.717, 1.165) is 24.3 Å². The molecule has 1 heterocycles. The number of hydrogen-bond donors (Lipinski definition) is 1. The van der Waals surface area contributed by atoms with Gasteiger partial charge in [-0.15, -0.1) is 11.3 Å². The Labute approximate surface area is 98.2 Å². The number of benzene rings is 1. The van der Waals surface area contributed by atoms with E-state index >= 15 is 0 Å². The summed E-state index contributed by atoms with van der Waals surface area (Å²) in [6.07, 6.45) is 0.705. The molecule has 1 aromatic heterocycles. The molecule has 2 rings (SSSR count). The molecule has 0 unspecified atom stereocenters. The van der Waals surface area contributed by atoms with Gasteiger partial charge < -0.3 is 5.32 Å². The fourth-order valence-corrected chi connectivity index (χ4v) is 2.02. The van der Waals surface area contributed by atoms with E-state index in [9.17, 15) is 4.39 Å². The molecule has 2 nitrogen and oxygen atoms in total. The average Bonchev–Trinajstić information content (AvgIpc) is 2.79. The number of halogens is 1. The van der Waals surface area contributed by atoms with Gasteiger partial charge in [-0.05, 0) is 24.6 Å². The standard InChI is InChI=1S/C12H13FN2S/c13-12-4-2-1-3-10(12)5-6-14-7-11-8-16-9-15-11/h1-4,8-9,14H,5-7H2. The van der Waals surface area contributed by atoms with Crippen molar-refractivity contribution in [2.75, 3.05) is 6.54 Å². The van der Waals surface area contributed by atoms with Crippen LogP contribution in [0.3, 0.4) is 0 Å². The lowest BCUT2D eigenvalue weighted by Crippen LogP contribution is -2.17. The number of nitrogens with one attached hydrogen (secondary N) is 1. The number of rotatable bonds is 5. The van der Waals surface area contributed by atoms with Crippen LogP contribution >= 0.6 is 11.3 Å². The third-order valence-electron chi connectivity index (χ3n) is 2.32. The largest absolute Gasteiger partial charge is 0.311 e. The van der Waals surface area contributed by atoms with Crippen molar-refractivity contribution in [3.8, 4) is 0 Å². The van der Waals surface area contributed by atoms with Crippen molar-refractivity contribution < 1.29 is 4.39 Å². The number of thiazole rings is 1. The van der Waals surface area contributed by atoms with Gasteiger partial charge in [0.05, 0.1) is 11.2 Å². The first kappa shape index (κ1) is 11.2. The molecule has 16 heavy (non-hydrogen) atoms. The van der Waals surface area contributed by atoms with Gasteiger partial charge in [0.15, 0.2) is 0 Å². The van der Waals surface area contributed by atoms with Gasteiger partial charge >= 0.3 is 0 Å². The van der Waals surface area contributed by atoms with Crippen LogP contribution in [-0.4, -0.2) is 11.5 Å². The van der Waals surface area contributed by atoms with Gasteiger partial charge in [-0.3, -0.25) is 0 Å². The van der Waals surface area contributed by atoms with Gasteiger partial charge in [0.2, 0.25) is 0 Å². The Kier molecular flexibility index (Phi) is 4.02. The fraction of sp³-hybridized carbons (Fsp3) is 0.250. The Bertz CT molecular complexity index is 428. The Balaban J connectivity index is 1.74. The minimum atomic E-state index is -0.127. The number of hydrogen-bond acceptors (Lipinski definition) is 3.